The molecule has 136 valence electrons. The summed E-state index contributed by atoms with van der Waals surface area (Å²) in [6.07, 6.45) is 3.35. The van der Waals surface area contributed by atoms with E-state index in [2.05, 4.69) is 50.2 Å². The topological polar surface area (TPSA) is 63.0 Å². The first-order chi connectivity index (χ1) is 11.6. The number of hydrogen-bond donors (Lipinski definition) is 1. The van der Waals surface area contributed by atoms with Gasteiger partial charge < -0.3 is 10.1 Å². The summed E-state index contributed by atoms with van der Waals surface area (Å²) in [5, 5.41) is 12.1. The molecule has 3 heterocycles. The molecule has 1 spiro atoms. The molecule has 5 heteroatoms. The number of dihydropyridines is 1. The molecule has 0 aromatic carbocycles. The number of azo groups is 1. The van der Waals surface area contributed by atoms with Crippen LogP contribution in [0.3, 0.4) is 0 Å². The lowest BCUT2D eigenvalue weighted by Gasteiger charge is -2.50. The lowest BCUT2D eigenvalue weighted by atomic mass is 9.58. The van der Waals surface area contributed by atoms with Gasteiger partial charge in [0.25, 0.3) is 0 Å². The predicted molar refractivity (Wildman–Crippen MR) is 95.8 cm³/mol. The van der Waals surface area contributed by atoms with Crippen molar-refractivity contribution < 1.29 is 9.53 Å². The Balaban J connectivity index is 1.84. The van der Waals surface area contributed by atoms with E-state index >= 15 is 0 Å². The van der Waals surface area contributed by atoms with Gasteiger partial charge in [0.1, 0.15) is 0 Å². The summed E-state index contributed by atoms with van der Waals surface area (Å²) in [6.45, 7) is 12.3. The zero-order chi connectivity index (χ0) is 18.0. The van der Waals surface area contributed by atoms with E-state index in [0.29, 0.717) is 25.4 Å². The average Bonchev–Trinajstić information content (AvgIpc) is 2.93. The third-order valence-electron chi connectivity index (χ3n) is 6.23. The maximum Gasteiger partial charge on any atom is 0.162 e. The standard InChI is InChI=1S/C20H29N3O2/c1-18(2,3)15-10-20(6-7-25-15)12-11-21-23-17(12)22-13-8-19(4,5)9-14(24)16(13)20/h15,22H,6-11H2,1-5H3/t15-,20+/m1/s1. The van der Waals surface area contributed by atoms with Crippen LogP contribution in [0.5, 0.6) is 0 Å². The third-order valence-corrected chi connectivity index (χ3v) is 6.23. The Morgan fingerprint density at radius 1 is 1.24 bits per heavy atom. The van der Waals surface area contributed by atoms with Crippen LogP contribution in [0, 0.1) is 16.2 Å². The fourth-order valence-corrected chi connectivity index (χ4v) is 4.98. The van der Waals surface area contributed by atoms with Crippen LogP contribution in [-0.4, -0.2) is 25.0 Å². The molecule has 0 aromatic rings. The SMILES string of the molecule is CC1(C)CC(=O)C2=C(C1)NC1=C(CN=N1)[C@@]21CCO[C@@H](C(C)(C)C)C1. The van der Waals surface area contributed by atoms with Crippen molar-refractivity contribution in [2.24, 2.45) is 26.5 Å². The second-order valence-corrected chi connectivity index (χ2v) is 9.91. The minimum absolute atomic E-state index is 0.00743. The first-order valence-corrected chi connectivity index (χ1v) is 9.39. The minimum atomic E-state index is -0.247. The number of ether oxygens (including phenoxy) is 1. The molecule has 0 radical (unpaired) electrons. The molecule has 4 aliphatic rings. The quantitative estimate of drug-likeness (QED) is 0.719. The van der Waals surface area contributed by atoms with E-state index in [1.165, 1.54) is 5.57 Å². The van der Waals surface area contributed by atoms with Crippen molar-refractivity contribution in [2.75, 3.05) is 13.2 Å². The summed E-state index contributed by atoms with van der Waals surface area (Å²) < 4.78 is 6.14. The van der Waals surface area contributed by atoms with E-state index in [9.17, 15) is 4.79 Å². The van der Waals surface area contributed by atoms with Crippen molar-refractivity contribution in [2.45, 2.75) is 66.4 Å². The number of ketones is 1. The molecule has 0 unspecified atom stereocenters. The van der Waals surface area contributed by atoms with Crippen LogP contribution < -0.4 is 5.32 Å². The average molecular weight is 343 g/mol. The smallest absolute Gasteiger partial charge is 0.162 e. The highest BCUT2D eigenvalue weighted by atomic mass is 16.5. The van der Waals surface area contributed by atoms with Crippen LogP contribution in [0.2, 0.25) is 0 Å². The van der Waals surface area contributed by atoms with E-state index in [4.69, 9.17) is 4.74 Å². The van der Waals surface area contributed by atoms with Gasteiger partial charge in [0, 0.05) is 35.3 Å². The van der Waals surface area contributed by atoms with Gasteiger partial charge in [0.2, 0.25) is 0 Å². The molecule has 4 rings (SSSR count). The highest BCUT2D eigenvalue weighted by molar-refractivity contribution is 6.00. The number of rotatable bonds is 0. The largest absolute Gasteiger partial charge is 0.378 e. The van der Waals surface area contributed by atoms with Gasteiger partial charge in [-0.15, -0.1) is 5.11 Å². The number of nitrogens with zero attached hydrogens (tertiary/aromatic N) is 2. The van der Waals surface area contributed by atoms with Crippen molar-refractivity contribution in [3.05, 3.63) is 22.7 Å². The maximum atomic E-state index is 13.2. The Kier molecular flexibility index (Phi) is 3.56. The summed E-state index contributed by atoms with van der Waals surface area (Å²) >= 11 is 0. The number of nitrogens with one attached hydrogen (secondary N) is 1. The van der Waals surface area contributed by atoms with Crippen LogP contribution in [0.25, 0.3) is 0 Å². The monoisotopic (exact) mass is 343 g/mol. The summed E-state index contributed by atoms with van der Waals surface area (Å²) in [5.41, 5.74) is 3.09. The molecular formula is C20H29N3O2. The lowest BCUT2D eigenvalue weighted by Crippen LogP contribution is -2.50. The second-order valence-electron chi connectivity index (χ2n) is 9.91. The zero-order valence-electron chi connectivity index (χ0n) is 16.0. The first-order valence-electron chi connectivity index (χ1n) is 9.39. The van der Waals surface area contributed by atoms with Crippen molar-refractivity contribution in [3.63, 3.8) is 0 Å². The van der Waals surface area contributed by atoms with E-state index in [1.807, 2.05) is 0 Å². The van der Waals surface area contributed by atoms with Crippen LogP contribution in [0.4, 0.5) is 0 Å². The summed E-state index contributed by atoms with van der Waals surface area (Å²) in [7, 11) is 0. The molecule has 2 atom stereocenters. The molecular weight excluding hydrogens is 314 g/mol. The Hall–Kier alpha value is -1.49. The fourth-order valence-electron chi connectivity index (χ4n) is 4.98. The molecule has 3 aliphatic heterocycles. The van der Waals surface area contributed by atoms with Crippen LogP contribution in [0.15, 0.2) is 32.9 Å². The molecule has 1 saturated heterocycles. The molecule has 1 N–H and O–H groups in total. The van der Waals surface area contributed by atoms with Crippen LogP contribution in [0.1, 0.15) is 60.3 Å². The van der Waals surface area contributed by atoms with Gasteiger partial charge >= 0.3 is 0 Å². The number of allylic oxidation sites excluding steroid dienone is 2. The molecule has 1 fully saturated rings. The fraction of sp³-hybridized carbons (Fsp3) is 0.750. The first kappa shape index (κ1) is 17.0. The van der Waals surface area contributed by atoms with Crippen molar-refractivity contribution >= 4 is 5.78 Å². The van der Waals surface area contributed by atoms with Crippen LogP contribution >= 0.6 is 0 Å². The molecule has 1 aliphatic carbocycles. The number of Topliss-reactive ketones (excluding diaryl/α,β-unsaturated/α-hetero) is 1. The van der Waals surface area contributed by atoms with Gasteiger partial charge in [0.15, 0.2) is 11.6 Å². The Labute approximate surface area is 150 Å². The van der Waals surface area contributed by atoms with E-state index < -0.39 is 0 Å². The normalized spacial score (nSPS) is 34.3. The Morgan fingerprint density at radius 2 is 2.00 bits per heavy atom. The van der Waals surface area contributed by atoms with Gasteiger partial charge in [-0.1, -0.05) is 34.6 Å². The number of fused-ring (bicyclic) bond motifs is 2. The molecule has 25 heavy (non-hydrogen) atoms. The number of carbonyl (C=O) groups is 1. The molecule has 0 bridgehead atoms. The van der Waals surface area contributed by atoms with E-state index in [1.54, 1.807) is 0 Å². The van der Waals surface area contributed by atoms with Crippen molar-refractivity contribution in [1.29, 1.82) is 0 Å². The lowest BCUT2D eigenvalue weighted by molar-refractivity contribution is -0.122. The minimum Gasteiger partial charge on any atom is -0.378 e. The molecule has 0 saturated carbocycles. The van der Waals surface area contributed by atoms with Gasteiger partial charge in [-0.25, -0.2) is 0 Å². The van der Waals surface area contributed by atoms with Gasteiger partial charge in [-0.2, -0.15) is 5.11 Å². The zero-order valence-corrected chi connectivity index (χ0v) is 16.0. The van der Waals surface area contributed by atoms with Crippen LogP contribution in [-0.2, 0) is 9.53 Å². The van der Waals surface area contributed by atoms with Gasteiger partial charge in [-0.05, 0) is 30.1 Å². The molecule has 0 aromatic heterocycles. The van der Waals surface area contributed by atoms with E-state index in [0.717, 1.165) is 36.4 Å². The molecule has 0 amide bonds. The summed E-state index contributed by atoms with van der Waals surface area (Å²) in [5.74, 6) is 1.19. The van der Waals surface area contributed by atoms with Crippen molar-refractivity contribution in [1.82, 2.24) is 5.32 Å². The van der Waals surface area contributed by atoms with E-state index in [-0.39, 0.29) is 22.3 Å². The maximum absolute atomic E-state index is 13.2. The Bertz CT molecular complexity index is 724. The van der Waals surface area contributed by atoms with Gasteiger partial charge in [-0.3, -0.25) is 4.79 Å². The number of carbonyl (C=O) groups excluding carboxylic acids is 1. The summed E-state index contributed by atoms with van der Waals surface area (Å²) in [4.78, 5) is 13.2. The second kappa shape index (κ2) is 5.26. The molecule has 5 nitrogen and oxygen atoms in total. The van der Waals surface area contributed by atoms with Crippen molar-refractivity contribution in [3.8, 4) is 0 Å². The Morgan fingerprint density at radius 3 is 2.72 bits per heavy atom. The van der Waals surface area contributed by atoms with Gasteiger partial charge in [0.05, 0.1) is 12.6 Å². The predicted octanol–water partition coefficient (Wildman–Crippen LogP) is 4.12. The number of hydrogen-bond acceptors (Lipinski definition) is 5. The highest BCUT2D eigenvalue weighted by Gasteiger charge is 2.54. The third kappa shape index (κ3) is 2.59. The highest BCUT2D eigenvalue weighted by Crippen LogP contribution is 2.56. The summed E-state index contributed by atoms with van der Waals surface area (Å²) in [6, 6.07) is 0.